The van der Waals surface area contributed by atoms with E-state index in [0.717, 1.165) is 16.7 Å². The summed E-state index contributed by atoms with van der Waals surface area (Å²) in [5.41, 5.74) is -0.186. The van der Waals surface area contributed by atoms with E-state index >= 15 is 0 Å². The Morgan fingerprint density at radius 3 is 2.62 bits per heavy atom. The zero-order valence-electron chi connectivity index (χ0n) is 23.1. The fourth-order valence-corrected chi connectivity index (χ4v) is 8.69. The third kappa shape index (κ3) is 7.29. The van der Waals surface area contributed by atoms with Crippen molar-refractivity contribution >= 4 is 57.0 Å². The predicted molar refractivity (Wildman–Crippen MR) is 155 cm³/mol. The molecule has 1 saturated heterocycles. The van der Waals surface area contributed by atoms with Gasteiger partial charge in [0.05, 0.1) is 5.75 Å². The van der Waals surface area contributed by atoms with Crippen LogP contribution in [0.4, 0.5) is 0 Å². The zero-order valence-corrected chi connectivity index (χ0v) is 25.5. The third-order valence-electron chi connectivity index (χ3n) is 6.00. The van der Waals surface area contributed by atoms with E-state index in [-0.39, 0.29) is 34.5 Å². The maximum Gasteiger partial charge on any atom is 0.352 e. The number of carboxylic acids is 1. The van der Waals surface area contributed by atoms with Crippen molar-refractivity contribution in [3.63, 3.8) is 0 Å². The van der Waals surface area contributed by atoms with Crippen LogP contribution in [0.3, 0.4) is 0 Å². The summed E-state index contributed by atoms with van der Waals surface area (Å²) in [5.74, 6) is -2.78. The molecule has 0 aliphatic carbocycles. The summed E-state index contributed by atoms with van der Waals surface area (Å²) in [6.07, 6.45) is 0.0120. The second-order valence-corrected chi connectivity index (χ2v) is 14.4. The molecule has 1 fully saturated rings. The van der Waals surface area contributed by atoms with E-state index < -0.39 is 50.0 Å². The molecule has 2 aromatic rings. The van der Waals surface area contributed by atoms with E-state index in [0.29, 0.717) is 11.1 Å². The maximum absolute atomic E-state index is 13.3. The topological polar surface area (TPSA) is 209 Å². The van der Waals surface area contributed by atoms with E-state index in [1.165, 1.54) is 18.9 Å². The number of hydrogen-bond acceptors (Lipinski definition) is 12. The van der Waals surface area contributed by atoms with Gasteiger partial charge in [-0.1, -0.05) is 47.2 Å². The van der Waals surface area contributed by atoms with Crippen molar-refractivity contribution < 1.29 is 32.7 Å². The third-order valence-corrected chi connectivity index (χ3v) is 10.2. The van der Waals surface area contributed by atoms with Gasteiger partial charge < -0.3 is 15.3 Å². The molecule has 226 valence electrons. The highest BCUT2D eigenvalue weighted by atomic mass is 32.2. The standard InChI is InChI=1S/C24H30N8O7S3/c1-24(2,3)29-42(37,38)11-10-15(41-23-26-30-31-27-23)14-12-40-21-17(20(34)32(21)18(14)22(35)36)25-19(33)16(28-39-4)13-8-6-5-7-9-13/h5-9,15,17,21,29H,10-12H2,1-4H3,(H,25,33)(H,35,36)(H,26,27,30,31)/t15?,17?,21-/m0/s1. The number of thioether (sulfide) groups is 2. The minimum Gasteiger partial charge on any atom is -0.477 e. The summed E-state index contributed by atoms with van der Waals surface area (Å²) in [5, 5.41) is 29.1. The van der Waals surface area contributed by atoms with Crippen molar-refractivity contribution in [3.05, 3.63) is 47.2 Å². The fourth-order valence-electron chi connectivity index (χ4n) is 4.43. The lowest BCUT2D eigenvalue weighted by Gasteiger charge is -2.50. The molecule has 3 heterocycles. The number of rotatable bonds is 12. The average Bonchev–Trinajstić information content (AvgIpc) is 3.44. The molecule has 2 amide bonds. The molecule has 15 nitrogen and oxygen atoms in total. The number of β-lactam (4-membered cyclic amide) rings is 1. The van der Waals surface area contributed by atoms with Gasteiger partial charge in [0, 0.05) is 22.1 Å². The number of nitrogens with one attached hydrogen (secondary N) is 3. The van der Waals surface area contributed by atoms with Crippen LogP contribution in [-0.4, -0.2) is 103 Å². The first-order chi connectivity index (χ1) is 19.8. The van der Waals surface area contributed by atoms with Gasteiger partial charge >= 0.3 is 5.97 Å². The van der Waals surface area contributed by atoms with E-state index in [1.807, 2.05) is 0 Å². The number of carbonyl (C=O) groups is 3. The Hall–Kier alpha value is -3.48. The Bertz CT molecular complexity index is 1490. The summed E-state index contributed by atoms with van der Waals surface area (Å²) in [6, 6.07) is 7.54. The summed E-state index contributed by atoms with van der Waals surface area (Å²) >= 11 is 2.31. The smallest absolute Gasteiger partial charge is 0.352 e. The number of carboxylic acid groups (broad SMARTS) is 1. The van der Waals surface area contributed by atoms with Crippen molar-refractivity contribution in [1.29, 1.82) is 0 Å². The number of carbonyl (C=O) groups excluding carboxylic acids is 2. The van der Waals surface area contributed by atoms with Gasteiger partial charge in [0.2, 0.25) is 15.2 Å². The Morgan fingerprint density at radius 2 is 2.02 bits per heavy atom. The second-order valence-electron chi connectivity index (χ2n) is 10.3. The summed E-state index contributed by atoms with van der Waals surface area (Å²) in [4.78, 5) is 44.9. The molecule has 3 atom stereocenters. The monoisotopic (exact) mass is 638 g/mol. The maximum atomic E-state index is 13.3. The molecular formula is C24H30N8O7S3. The number of fused-ring (bicyclic) bond motifs is 1. The Kier molecular flexibility index (Phi) is 9.59. The molecule has 2 aliphatic rings. The van der Waals surface area contributed by atoms with E-state index in [9.17, 15) is 27.9 Å². The zero-order chi connectivity index (χ0) is 30.7. The van der Waals surface area contributed by atoms with Gasteiger partial charge in [-0.25, -0.2) is 17.9 Å². The second kappa shape index (κ2) is 12.8. The van der Waals surface area contributed by atoms with Crippen LogP contribution in [0.1, 0.15) is 32.8 Å². The van der Waals surface area contributed by atoms with Gasteiger partial charge in [0.1, 0.15) is 24.2 Å². The van der Waals surface area contributed by atoms with Crippen molar-refractivity contribution in [2.45, 2.75) is 54.6 Å². The molecule has 4 N–H and O–H groups in total. The number of nitrogens with zero attached hydrogens (tertiary/aromatic N) is 5. The lowest BCUT2D eigenvalue weighted by Crippen LogP contribution is -2.71. The number of aromatic nitrogens is 4. The largest absolute Gasteiger partial charge is 0.477 e. The van der Waals surface area contributed by atoms with Crippen LogP contribution >= 0.6 is 23.5 Å². The molecule has 1 aromatic heterocycles. The highest BCUT2D eigenvalue weighted by Crippen LogP contribution is 2.44. The lowest BCUT2D eigenvalue weighted by atomic mass is 10.00. The normalized spacial score (nSPS) is 20.0. The Balaban J connectivity index is 1.58. The molecule has 18 heteroatoms. The van der Waals surface area contributed by atoms with Crippen molar-refractivity contribution in [1.82, 2.24) is 35.6 Å². The van der Waals surface area contributed by atoms with Gasteiger partial charge in [-0.05, 0) is 38.0 Å². The number of aromatic amines is 1. The van der Waals surface area contributed by atoms with E-state index in [1.54, 1.807) is 51.1 Å². The molecule has 1 aromatic carbocycles. The van der Waals surface area contributed by atoms with Crippen molar-refractivity contribution in [2.24, 2.45) is 5.16 Å². The van der Waals surface area contributed by atoms with Crippen LogP contribution < -0.4 is 10.0 Å². The van der Waals surface area contributed by atoms with E-state index in [2.05, 4.69) is 35.8 Å². The molecule has 2 unspecified atom stereocenters. The minimum absolute atomic E-state index is 0.0120. The van der Waals surface area contributed by atoms with Gasteiger partial charge in [0.25, 0.3) is 11.8 Å². The number of sulfonamides is 1. The van der Waals surface area contributed by atoms with Crippen LogP contribution in [0.15, 0.2) is 51.9 Å². The quantitative estimate of drug-likeness (QED) is 0.109. The van der Waals surface area contributed by atoms with Gasteiger partial charge in [0.15, 0.2) is 5.71 Å². The van der Waals surface area contributed by atoms with Crippen molar-refractivity contribution in [3.8, 4) is 0 Å². The SMILES string of the molecule is CON=C(C(=O)NC1C(=O)N2C(C(=O)O)=C(C(CCS(=O)(=O)NC(C)(C)C)Sc3nn[nH]n3)CS[C@@H]12)c1ccccc1. The predicted octanol–water partition coefficient (Wildman–Crippen LogP) is 0.558. The molecule has 42 heavy (non-hydrogen) atoms. The summed E-state index contributed by atoms with van der Waals surface area (Å²) < 4.78 is 28.1. The highest BCUT2D eigenvalue weighted by Gasteiger charge is 2.55. The molecule has 0 radical (unpaired) electrons. The highest BCUT2D eigenvalue weighted by molar-refractivity contribution is 8.01. The molecule has 4 rings (SSSR count). The first-order valence-electron chi connectivity index (χ1n) is 12.6. The molecule has 2 aliphatic heterocycles. The number of H-pyrrole nitrogens is 1. The van der Waals surface area contributed by atoms with Crippen LogP contribution in [0, 0.1) is 0 Å². The Morgan fingerprint density at radius 1 is 1.31 bits per heavy atom. The number of aliphatic carboxylic acids is 1. The average molecular weight is 639 g/mol. The number of benzene rings is 1. The number of tetrazole rings is 1. The van der Waals surface area contributed by atoms with Crippen molar-refractivity contribution in [2.75, 3.05) is 18.6 Å². The minimum atomic E-state index is -3.72. The van der Waals surface area contributed by atoms with Crippen LogP contribution in [0.25, 0.3) is 0 Å². The molecule has 0 spiro atoms. The van der Waals surface area contributed by atoms with Crippen LogP contribution in [-0.2, 0) is 29.2 Å². The lowest BCUT2D eigenvalue weighted by molar-refractivity contribution is -0.150. The Labute approximate surface area is 250 Å². The summed E-state index contributed by atoms with van der Waals surface area (Å²) in [7, 11) is -2.43. The van der Waals surface area contributed by atoms with Gasteiger partial charge in [-0.15, -0.1) is 22.0 Å². The van der Waals surface area contributed by atoms with Crippen LogP contribution in [0.5, 0.6) is 0 Å². The van der Waals surface area contributed by atoms with E-state index in [4.69, 9.17) is 4.84 Å². The first kappa shape index (κ1) is 31.5. The summed E-state index contributed by atoms with van der Waals surface area (Å²) in [6.45, 7) is 5.15. The van der Waals surface area contributed by atoms with Gasteiger partial charge in [-0.3, -0.25) is 14.5 Å². The number of hydrogen-bond donors (Lipinski definition) is 4. The van der Waals surface area contributed by atoms with Crippen LogP contribution in [0.2, 0.25) is 0 Å². The molecular weight excluding hydrogens is 609 g/mol. The molecule has 0 bridgehead atoms. The number of oxime groups is 1. The molecule has 0 saturated carbocycles. The fraction of sp³-hybridized carbons (Fsp3) is 0.458. The first-order valence-corrected chi connectivity index (χ1v) is 16.2. The van der Waals surface area contributed by atoms with Gasteiger partial charge in [-0.2, -0.15) is 5.21 Å². The number of amides is 2.